The molecule has 0 amide bonds. The van der Waals surface area contributed by atoms with Crippen LogP contribution in [-0.4, -0.2) is 45.0 Å². The number of aliphatic carboxylic acids is 1. The number of aromatic nitrogens is 2. The summed E-state index contributed by atoms with van der Waals surface area (Å²) in [6, 6.07) is 1.69. The Morgan fingerprint density at radius 3 is 2.58 bits per heavy atom. The van der Waals surface area contributed by atoms with E-state index >= 15 is 0 Å². The lowest BCUT2D eigenvalue weighted by atomic mass is 10.3. The van der Waals surface area contributed by atoms with Gasteiger partial charge in [-0.2, -0.15) is 18.3 Å². The van der Waals surface area contributed by atoms with E-state index in [1.807, 2.05) is 6.92 Å². The summed E-state index contributed by atoms with van der Waals surface area (Å²) in [5.74, 6) is -1.29. The van der Waals surface area contributed by atoms with Gasteiger partial charge < -0.3 is 5.11 Å². The van der Waals surface area contributed by atoms with Crippen LogP contribution in [-0.2, 0) is 24.8 Å². The molecule has 0 radical (unpaired) electrons. The van der Waals surface area contributed by atoms with Crippen molar-refractivity contribution >= 4 is 5.97 Å². The molecule has 0 aliphatic carbocycles. The van der Waals surface area contributed by atoms with E-state index in [9.17, 15) is 18.0 Å². The van der Waals surface area contributed by atoms with Gasteiger partial charge in [-0.15, -0.1) is 0 Å². The first-order chi connectivity index (χ1) is 8.71. The van der Waals surface area contributed by atoms with Gasteiger partial charge in [-0.05, 0) is 12.5 Å². The molecule has 0 saturated heterocycles. The van der Waals surface area contributed by atoms with Gasteiger partial charge in [0.15, 0.2) is 0 Å². The van der Waals surface area contributed by atoms with Gasteiger partial charge >= 0.3 is 12.1 Å². The molecular weight excluding hydrogens is 263 g/mol. The van der Waals surface area contributed by atoms with Gasteiger partial charge in [0.25, 0.3) is 0 Å². The molecule has 5 nitrogen and oxygen atoms in total. The lowest BCUT2D eigenvalue weighted by Crippen LogP contribution is -2.37. The third kappa shape index (κ3) is 5.29. The van der Waals surface area contributed by atoms with Gasteiger partial charge in [-0.3, -0.25) is 14.4 Å². The van der Waals surface area contributed by atoms with Crippen molar-refractivity contribution in [2.24, 2.45) is 7.05 Å². The van der Waals surface area contributed by atoms with Crippen LogP contribution >= 0.6 is 0 Å². The number of halogens is 3. The zero-order valence-electron chi connectivity index (χ0n) is 10.7. The number of rotatable bonds is 6. The minimum Gasteiger partial charge on any atom is -0.480 e. The van der Waals surface area contributed by atoms with E-state index in [2.05, 4.69) is 5.10 Å². The average Bonchev–Trinajstić information content (AvgIpc) is 2.56. The summed E-state index contributed by atoms with van der Waals surface area (Å²) in [6.07, 6.45) is -3.76. The standard InChI is InChI=1S/C11H16F3N3O2/c1-3-8-4-9(16(2)15-8)5-17(6-10(18)19)7-11(12,13)14/h4H,3,5-7H2,1-2H3,(H,18,19). The SMILES string of the molecule is CCc1cc(CN(CC(=O)O)CC(F)(F)F)n(C)n1. The van der Waals surface area contributed by atoms with Crippen LogP contribution in [0.5, 0.6) is 0 Å². The van der Waals surface area contributed by atoms with Crippen LogP contribution in [0.15, 0.2) is 6.07 Å². The van der Waals surface area contributed by atoms with E-state index in [1.54, 1.807) is 13.1 Å². The van der Waals surface area contributed by atoms with Crippen LogP contribution < -0.4 is 0 Å². The average molecular weight is 279 g/mol. The summed E-state index contributed by atoms with van der Waals surface area (Å²) in [4.78, 5) is 11.4. The van der Waals surface area contributed by atoms with Gasteiger partial charge in [0.2, 0.25) is 0 Å². The predicted molar refractivity (Wildman–Crippen MR) is 61.6 cm³/mol. The Morgan fingerprint density at radius 1 is 1.53 bits per heavy atom. The van der Waals surface area contributed by atoms with E-state index in [4.69, 9.17) is 5.11 Å². The second-order valence-corrected chi connectivity index (χ2v) is 4.26. The van der Waals surface area contributed by atoms with Crippen LogP contribution in [0, 0.1) is 0 Å². The number of carboxylic acid groups (broad SMARTS) is 1. The maximum atomic E-state index is 12.4. The van der Waals surface area contributed by atoms with Crippen LogP contribution in [0.25, 0.3) is 0 Å². The monoisotopic (exact) mass is 279 g/mol. The van der Waals surface area contributed by atoms with Crippen molar-refractivity contribution < 1.29 is 23.1 Å². The van der Waals surface area contributed by atoms with Crippen LogP contribution in [0.1, 0.15) is 18.3 Å². The lowest BCUT2D eigenvalue weighted by molar-refractivity contribution is -0.155. The molecule has 1 N–H and O–H groups in total. The minimum atomic E-state index is -4.43. The van der Waals surface area contributed by atoms with Gasteiger partial charge in [0.05, 0.1) is 24.5 Å². The largest absolute Gasteiger partial charge is 0.480 e. The zero-order chi connectivity index (χ0) is 14.6. The Bertz CT molecular complexity index is 443. The zero-order valence-corrected chi connectivity index (χ0v) is 10.7. The number of aryl methyl sites for hydroxylation is 2. The highest BCUT2D eigenvalue weighted by Crippen LogP contribution is 2.18. The molecule has 0 aliphatic heterocycles. The first kappa shape index (κ1) is 15.5. The third-order valence-electron chi connectivity index (χ3n) is 2.54. The van der Waals surface area contributed by atoms with Crippen molar-refractivity contribution in [1.29, 1.82) is 0 Å². The first-order valence-corrected chi connectivity index (χ1v) is 5.74. The Hall–Kier alpha value is -1.57. The van der Waals surface area contributed by atoms with Gasteiger partial charge in [-0.1, -0.05) is 6.92 Å². The Balaban J connectivity index is 2.80. The highest BCUT2D eigenvalue weighted by atomic mass is 19.4. The highest BCUT2D eigenvalue weighted by Gasteiger charge is 2.31. The summed E-state index contributed by atoms with van der Waals surface area (Å²) < 4.78 is 38.6. The summed E-state index contributed by atoms with van der Waals surface area (Å²) in [5, 5.41) is 12.8. The molecule has 0 bridgehead atoms. The van der Waals surface area contributed by atoms with Gasteiger partial charge in [0, 0.05) is 13.6 Å². The molecule has 19 heavy (non-hydrogen) atoms. The molecular formula is C11H16F3N3O2. The predicted octanol–water partition coefficient (Wildman–Crippen LogP) is 1.43. The smallest absolute Gasteiger partial charge is 0.401 e. The molecule has 1 heterocycles. The Kier molecular flexibility index (Phi) is 4.93. The number of hydrogen-bond acceptors (Lipinski definition) is 3. The van der Waals surface area contributed by atoms with Gasteiger partial charge in [-0.25, -0.2) is 0 Å². The molecule has 0 unspecified atom stereocenters. The Labute approximate surface area is 108 Å². The van der Waals surface area contributed by atoms with Crippen molar-refractivity contribution in [2.75, 3.05) is 13.1 Å². The van der Waals surface area contributed by atoms with E-state index < -0.39 is 25.2 Å². The second kappa shape index (κ2) is 6.05. The van der Waals surface area contributed by atoms with Crippen LogP contribution in [0.3, 0.4) is 0 Å². The Morgan fingerprint density at radius 2 is 2.16 bits per heavy atom. The molecule has 8 heteroatoms. The van der Waals surface area contributed by atoms with Crippen molar-refractivity contribution in [3.63, 3.8) is 0 Å². The normalized spacial score (nSPS) is 12.1. The topological polar surface area (TPSA) is 58.4 Å². The van der Waals surface area contributed by atoms with Crippen LogP contribution in [0.4, 0.5) is 13.2 Å². The molecule has 0 spiro atoms. The molecule has 1 aromatic heterocycles. The van der Waals surface area contributed by atoms with Crippen molar-refractivity contribution in [3.8, 4) is 0 Å². The lowest BCUT2D eigenvalue weighted by Gasteiger charge is -2.21. The molecule has 1 rings (SSSR count). The van der Waals surface area contributed by atoms with Crippen molar-refractivity contribution in [1.82, 2.24) is 14.7 Å². The fourth-order valence-electron chi connectivity index (χ4n) is 1.73. The summed E-state index contributed by atoms with van der Waals surface area (Å²) in [5.41, 5.74) is 1.32. The number of alkyl halides is 3. The van der Waals surface area contributed by atoms with Crippen molar-refractivity contribution in [3.05, 3.63) is 17.5 Å². The molecule has 0 fully saturated rings. The molecule has 108 valence electrons. The van der Waals surface area contributed by atoms with E-state index in [-0.39, 0.29) is 6.54 Å². The van der Waals surface area contributed by atoms with Gasteiger partial charge in [0.1, 0.15) is 0 Å². The first-order valence-electron chi connectivity index (χ1n) is 5.74. The number of carbonyl (C=O) groups is 1. The highest BCUT2D eigenvalue weighted by molar-refractivity contribution is 5.69. The maximum Gasteiger partial charge on any atom is 0.401 e. The fourth-order valence-corrected chi connectivity index (χ4v) is 1.73. The maximum absolute atomic E-state index is 12.4. The van der Waals surface area contributed by atoms with E-state index in [0.29, 0.717) is 12.1 Å². The van der Waals surface area contributed by atoms with Crippen LogP contribution in [0.2, 0.25) is 0 Å². The summed E-state index contributed by atoms with van der Waals surface area (Å²) >= 11 is 0. The molecule has 0 aliphatic rings. The molecule has 1 aromatic rings. The summed E-state index contributed by atoms with van der Waals surface area (Å²) in [6.45, 7) is -0.135. The third-order valence-corrected chi connectivity index (χ3v) is 2.54. The number of nitrogens with zero attached hydrogens (tertiary/aromatic N) is 3. The second-order valence-electron chi connectivity index (χ2n) is 4.26. The summed E-state index contributed by atoms with van der Waals surface area (Å²) in [7, 11) is 1.63. The minimum absolute atomic E-state index is 0.102. The van der Waals surface area contributed by atoms with E-state index in [1.165, 1.54) is 4.68 Å². The van der Waals surface area contributed by atoms with E-state index in [0.717, 1.165) is 10.6 Å². The van der Waals surface area contributed by atoms with Crippen molar-refractivity contribution in [2.45, 2.75) is 26.1 Å². The molecule has 0 saturated carbocycles. The molecule has 0 atom stereocenters. The fraction of sp³-hybridized carbons (Fsp3) is 0.636. The quantitative estimate of drug-likeness (QED) is 0.856. The molecule has 0 aromatic carbocycles. The number of hydrogen-bond donors (Lipinski definition) is 1. The number of carboxylic acids is 1.